The van der Waals surface area contributed by atoms with E-state index in [1.54, 1.807) is 11.3 Å². The number of hydrogen-bond acceptors (Lipinski definition) is 5. The number of carbonyl (C=O) groups is 1. The molecule has 2 aliphatic heterocycles. The molecule has 1 saturated heterocycles. The third-order valence-electron chi connectivity index (χ3n) is 3.12. The molecule has 1 fully saturated rings. The van der Waals surface area contributed by atoms with E-state index >= 15 is 0 Å². The Balaban J connectivity index is 1.74. The zero-order valence-electron chi connectivity index (χ0n) is 11.4. The van der Waals surface area contributed by atoms with Crippen molar-refractivity contribution in [2.45, 2.75) is 26.1 Å². The SMILES string of the molecule is C[C@@H]1CN(C2=NC(=O)/C(=C/c3cccs3)S2)C[C@@H](C)O1. The van der Waals surface area contributed by atoms with E-state index in [4.69, 9.17) is 4.74 Å². The molecular weight excluding hydrogens is 292 g/mol. The van der Waals surface area contributed by atoms with Crippen LogP contribution in [0.3, 0.4) is 0 Å². The van der Waals surface area contributed by atoms with Crippen molar-refractivity contribution in [2.75, 3.05) is 13.1 Å². The van der Waals surface area contributed by atoms with Gasteiger partial charge in [0.1, 0.15) is 0 Å². The molecule has 3 rings (SSSR count). The molecule has 0 aromatic carbocycles. The van der Waals surface area contributed by atoms with Gasteiger partial charge in [0.25, 0.3) is 5.91 Å². The van der Waals surface area contributed by atoms with Crippen LogP contribution in [0.5, 0.6) is 0 Å². The van der Waals surface area contributed by atoms with Crippen molar-refractivity contribution in [3.05, 3.63) is 27.3 Å². The normalized spacial score (nSPS) is 29.1. The molecule has 106 valence electrons. The number of hydrogen-bond donors (Lipinski definition) is 0. The predicted octanol–water partition coefficient (Wildman–Crippen LogP) is 2.83. The number of nitrogens with zero attached hydrogens (tertiary/aromatic N) is 2. The van der Waals surface area contributed by atoms with E-state index in [9.17, 15) is 4.79 Å². The molecule has 0 saturated carbocycles. The van der Waals surface area contributed by atoms with Crippen LogP contribution < -0.4 is 0 Å². The highest BCUT2D eigenvalue weighted by Gasteiger charge is 2.30. The highest BCUT2D eigenvalue weighted by molar-refractivity contribution is 8.18. The fourth-order valence-corrected chi connectivity index (χ4v) is 4.02. The second kappa shape index (κ2) is 5.71. The van der Waals surface area contributed by atoms with Crippen LogP contribution in [-0.4, -0.2) is 41.3 Å². The van der Waals surface area contributed by atoms with Crippen LogP contribution in [0.25, 0.3) is 6.08 Å². The summed E-state index contributed by atoms with van der Waals surface area (Å²) in [6, 6.07) is 3.98. The molecule has 0 aliphatic carbocycles. The molecule has 1 amide bonds. The maximum Gasteiger partial charge on any atom is 0.286 e. The van der Waals surface area contributed by atoms with Gasteiger partial charge in [-0.1, -0.05) is 6.07 Å². The number of ether oxygens (including phenoxy) is 1. The lowest BCUT2D eigenvalue weighted by Crippen LogP contribution is -2.47. The van der Waals surface area contributed by atoms with Crippen LogP contribution in [0.2, 0.25) is 0 Å². The van der Waals surface area contributed by atoms with Gasteiger partial charge in [-0.05, 0) is 43.1 Å². The van der Waals surface area contributed by atoms with Gasteiger partial charge in [0.05, 0.1) is 17.1 Å². The average molecular weight is 308 g/mol. The van der Waals surface area contributed by atoms with Gasteiger partial charge in [-0.15, -0.1) is 11.3 Å². The van der Waals surface area contributed by atoms with E-state index in [0.29, 0.717) is 4.91 Å². The van der Waals surface area contributed by atoms with E-state index in [-0.39, 0.29) is 18.1 Å². The van der Waals surface area contributed by atoms with Crippen LogP contribution in [0.4, 0.5) is 0 Å². The number of morpholine rings is 1. The summed E-state index contributed by atoms with van der Waals surface area (Å²) in [4.78, 5) is 20.1. The molecule has 2 aliphatic rings. The van der Waals surface area contributed by atoms with E-state index in [1.165, 1.54) is 11.8 Å². The van der Waals surface area contributed by atoms with E-state index in [0.717, 1.165) is 23.1 Å². The highest BCUT2D eigenvalue weighted by atomic mass is 32.2. The van der Waals surface area contributed by atoms with E-state index in [2.05, 4.69) is 9.89 Å². The third kappa shape index (κ3) is 2.97. The van der Waals surface area contributed by atoms with Gasteiger partial charge in [0.2, 0.25) is 0 Å². The molecule has 0 N–H and O–H groups in total. The van der Waals surface area contributed by atoms with Crippen LogP contribution in [0.15, 0.2) is 27.4 Å². The Morgan fingerprint density at radius 3 is 2.80 bits per heavy atom. The first-order chi connectivity index (χ1) is 9.61. The van der Waals surface area contributed by atoms with Crippen molar-refractivity contribution >= 4 is 40.2 Å². The van der Waals surface area contributed by atoms with Gasteiger partial charge in [0, 0.05) is 18.0 Å². The van der Waals surface area contributed by atoms with Crippen molar-refractivity contribution in [3.63, 3.8) is 0 Å². The van der Waals surface area contributed by atoms with Gasteiger partial charge >= 0.3 is 0 Å². The number of amides is 1. The zero-order valence-corrected chi connectivity index (χ0v) is 13.0. The van der Waals surface area contributed by atoms with Crippen molar-refractivity contribution in [1.29, 1.82) is 0 Å². The minimum absolute atomic E-state index is 0.134. The monoisotopic (exact) mass is 308 g/mol. The molecule has 20 heavy (non-hydrogen) atoms. The smallest absolute Gasteiger partial charge is 0.286 e. The fraction of sp³-hybridized carbons (Fsp3) is 0.429. The van der Waals surface area contributed by atoms with Crippen molar-refractivity contribution in [1.82, 2.24) is 4.90 Å². The second-order valence-electron chi connectivity index (χ2n) is 4.99. The Morgan fingerprint density at radius 1 is 1.40 bits per heavy atom. The summed E-state index contributed by atoms with van der Waals surface area (Å²) in [6.45, 7) is 5.67. The van der Waals surface area contributed by atoms with Crippen molar-refractivity contribution in [2.24, 2.45) is 4.99 Å². The highest BCUT2D eigenvalue weighted by Crippen LogP contribution is 2.32. The lowest BCUT2D eigenvalue weighted by atomic mass is 10.2. The molecule has 1 aromatic rings. The molecule has 0 unspecified atom stereocenters. The van der Waals surface area contributed by atoms with Gasteiger partial charge in [-0.25, -0.2) is 0 Å². The first-order valence-electron chi connectivity index (χ1n) is 6.58. The molecular formula is C14H16N2O2S2. The molecule has 1 aromatic heterocycles. The number of carbonyl (C=O) groups excluding carboxylic acids is 1. The summed E-state index contributed by atoms with van der Waals surface area (Å²) in [5.41, 5.74) is 0. The molecule has 4 nitrogen and oxygen atoms in total. The molecule has 6 heteroatoms. The van der Waals surface area contributed by atoms with Crippen LogP contribution >= 0.6 is 23.1 Å². The minimum atomic E-state index is -0.134. The van der Waals surface area contributed by atoms with Gasteiger partial charge in [0.15, 0.2) is 5.17 Å². The third-order valence-corrected chi connectivity index (χ3v) is 4.98. The predicted molar refractivity (Wildman–Crippen MR) is 83.9 cm³/mol. The Morgan fingerprint density at radius 2 is 2.15 bits per heavy atom. The quantitative estimate of drug-likeness (QED) is 0.748. The Hall–Kier alpha value is -1.11. The first kappa shape index (κ1) is 13.9. The van der Waals surface area contributed by atoms with Gasteiger partial charge in [-0.2, -0.15) is 4.99 Å². The molecule has 3 heterocycles. The standard InChI is InChI=1S/C14H16N2O2S2/c1-9-7-16(8-10(2)18-9)14-15-13(17)12(20-14)6-11-4-3-5-19-11/h3-6,9-10H,7-8H2,1-2H3/b12-6-/t9-,10-/m1/s1. The molecule has 0 spiro atoms. The Kier molecular flexibility index (Phi) is 3.96. The second-order valence-corrected chi connectivity index (χ2v) is 6.98. The lowest BCUT2D eigenvalue weighted by Gasteiger charge is -2.35. The average Bonchev–Trinajstić information content (AvgIpc) is 3.00. The van der Waals surface area contributed by atoms with Crippen molar-refractivity contribution in [3.8, 4) is 0 Å². The topological polar surface area (TPSA) is 41.9 Å². The molecule has 0 bridgehead atoms. The summed E-state index contributed by atoms with van der Waals surface area (Å²) >= 11 is 3.09. The van der Waals surface area contributed by atoms with Crippen LogP contribution in [-0.2, 0) is 9.53 Å². The number of thioether (sulfide) groups is 1. The minimum Gasteiger partial charge on any atom is -0.372 e. The van der Waals surface area contributed by atoms with Crippen LogP contribution in [0, 0.1) is 0 Å². The summed E-state index contributed by atoms with van der Waals surface area (Å²) in [5, 5.41) is 2.81. The summed E-state index contributed by atoms with van der Waals surface area (Å²) in [7, 11) is 0. The van der Waals surface area contributed by atoms with Gasteiger partial charge < -0.3 is 9.64 Å². The van der Waals surface area contributed by atoms with Crippen LogP contribution in [0.1, 0.15) is 18.7 Å². The Bertz CT molecular complexity index is 556. The van der Waals surface area contributed by atoms with Crippen molar-refractivity contribution < 1.29 is 9.53 Å². The van der Waals surface area contributed by atoms with E-state index < -0.39 is 0 Å². The summed E-state index contributed by atoms with van der Waals surface area (Å²) in [6.07, 6.45) is 2.26. The number of aliphatic imine (C=N–C) groups is 1. The number of amidine groups is 1. The number of thiophene rings is 1. The summed E-state index contributed by atoms with van der Waals surface area (Å²) < 4.78 is 5.71. The largest absolute Gasteiger partial charge is 0.372 e. The Labute approximate surface area is 126 Å². The zero-order chi connectivity index (χ0) is 14.1. The van der Waals surface area contributed by atoms with Gasteiger partial charge in [-0.3, -0.25) is 4.79 Å². The number of rotatable bonds is 1. The maximum absolute atomic E-state index is 12.0. The summed E-state index contributed by atoms with van der Waals surface area (Å²) in [5.74, 6) is -0.134. The molecule has 2 atom stereocenters. The fourth-order valence-electron chi connectivity index (χ4n) is 2.37. The molecule has 0 radical (unpaired) electrons. The lowest BCUT2D eigenvalue weighted by molar-refractivity contribution is -0.113. The first-order valence-corrected chi connectivity index (χ1v) is 8.28. The van der Waals surface area contributed by atoms with E-state index in [1.807, 2.05) is 37.4 Å². The maximum atomic E-state index is 12.0.